The van der Waals surface area contributed by atoms with Gasteiger partial charge in [-0.2, -0.15) is 0 Å². The number of aryl methyl sites for hydroxylation is 1. The second-order valence-electron chi connectivity index (χ2n) is 10.9. The number of anilines is 1. The average Bonchev–Trinajstić information content (AvgIpc) is 3.37. The maximum Gasteiger partial charge on any atom is 0.274 e. The smallest absolute Gasteiger partial charge is 0.274 e. The van der Waals surface area contributed by atoms with Crippen molar-refractivity contribution in [2.24, 2.45) is 11.8 Å². The highest BCUT2D eigenvalue weighted by molar-refractivity contribution is 5.99. The lowest BCUT2D eigenvalue weighted by atomic mass is 9.99. The molecule has 2 aromatic carbocycles. The van der Waals surface area contributed by atoms with Gasteiger partial charge in [0, 0.05) is 43.5 Å². The quantitative estimate of drug-likeness (QED) is 0.389. The van der Waals surface area contributed by atoms with Crippen molar-refractivity contribution in [3.8, 4) is 0 Å². The fourth-order valence-electron chi connectivity index (χ4n) is 6.46. The van der Waals surface area contributed by atoms with E-state index in [2.05, 4.69) is 15.3 Å². The highest BCUT2D eigenvalue weighted by Gasteiger charge is 2.53. The number of imidazole rings is 1. The number of amides is 1. The molecule has 1 saturated carbocycles. The number of carbonyl (C=O) groups excluding carboxylic acids is 1. The Labute approximate surface area is 226 Å². The minimum absolute atomic E-state index is 0. The summed E-state index contributed by atoms with van der Waals surface area (Å²) in [6, 6.07) is 10.3. The maximum absolute atomic E-state index is 13.9. The van der Waals surface area contributed by atoms with Crippen molar-refractivity contribution in [3.05, 3.63) is 75.7 Å². The van der Waals surface area contributed by atoms with Crippen molar-refractivity contribution in [3.63, 3.8) is 0 Å². The third-order valence-electron chi connectivity index (χ3n) is 8.57. The molecule has 4 heterocycles. The number of benzene rings is 2. The molecule has 2 N–H and O–H groups in total. The highest BCUT2D eigenvalue weighted by atomic mass is 19.1. The summed E-state index contributed by atoms with van der Waals surface area (Å²) in [6.07, 6.45) is 4.50. The van der Waals surface area contributed by atoms with Crippen LogP contribution in [0.5, 0.6) is 0 Å². The lowest BCUT2D eigenvalue weighted by Crippen LogP contribution is -2.42. The van der Waals surface area contributed by atoms with Gasteiger partial charge >= 0.3 is 0 Å². The number of likely N-dealkylation sites (tertiary alicyclic amines) is 1. The van der Waals surface area contributed by atoms with E-state index in [0.29, 0.717) is 53.9 Å². The van der Waals surface area contributed by atoms with Crippen LogP contribution in [0.3, 0.4) is 0 Å². The molecular formula is C30H34FN5O3. The van der Waals surface area contributed by atoms with Crippen molar-refractivity contribution in [1.82, 2.24) is 19.3 Å². The van der Waals surface area contributed by atoms with Gasteiger partial charge in [-0.05, 0) is 73.9 Å². The molecule has 2 aliphatic heterocycles. The molecule has 3 atom stereocenters. The minimum atomic E-state index is -0.286. The monoisotopic (exact) mass is 531 g/mol. The first-order valence-electron chi connectivity index (χ1n) is 13.4. The van der Waals surface area contributed by atoms with Crippen LogP contribution < -0.4 is 10.9 Å². The van der Waals surface area contributed by atoms with Gasteiger partial charge in [-0.3, -0.25) is 14.0 Å². The Kier molecular flexibility index (Phi) is 6.41. The third kappa shape index (κ3) is 4.38. The molecule has 4 aromatic rings. The summed E-state index contributed by atoms with van der Waals surface area (Å²) in [7, 11) is 0. The molecule has 3 fully saturated rings. The summed E-state index contributed by atoms with van der Waals surface area (Å²) in [5, 5.41) is 3.33. The lowest BCUT2D eigenvalue weighted by Gasteiger charge is -2.29. The molecule has 0 spiro atoms. The van der Waals surface area contributed by atoms with Crippen molar-refractivity contribution >= 4 is 28.1 Å². The zero-order valence-corrected chi connectivity index (χ0v) is 21.2. The number of rotatable bonds is 5. The van der Waals surface area contributed by atoms with Gasteiger partial charge < -0.3 is 19.9 Å². The lowest BCUT2D eigenvalue weighted by molar-refractivity contribution is 0.0715. The van der Waals surface area contributed by atoms with Crippen LogP contribution in [0.2, 0.25) is 0 Å². The first-order chi connectivity index (χ1) is 18.5. The van der Waals surface area contributed by atoms with Gasteiger partial charge in [0.15, 0.2) is 0 Å². The number of piperidine rings is 1. The van der Waals surface area contributed by atoms with Crippen molar-refractivity contribution < 1.29 is 13.9 Å². The van der Waals surface area contributed by atoms with E-state index in [1.807, 2.05) is 34.4 Å². The first-order valence-corrected chi connectivity index (χ1v) is 13.4. The molecule has 0 bridgehead atoms. The molecule has 3 unspecified atom stereocenters. The van der Waals surface area contributed by atoms with Gasteiger partial charge in [0.2, 0.25) is 0 Å². The number of nitrogens with zero attached hydrogens (tertiary/aromatic N) is 3. The molecule has 39 heavy (non-hydrogen) atoms. The number of halogens is 1. The molecule has 0 radical (unpaired) electrons. The van der Waals surface area contributed by atoms with Crippen molar-refractivity contribution in [2.45, 2.75) is 45.6 Å². The molecule has 7 rings (SSSR count). The summed E-state index contributed by atoms with van der Waals surface area (Å²) in [5.74, 6) is 1.77. The summed E-state index contributed by atoms with van der Waals surface area (Å²) in [5.41, 5.74) is 3.94. The predicted molar refractivity (Wildman–Crippen MR) is 149 cm³/mol. The number of aromatic nitrogens is 3. The molecular weight excluding hydrogens is 497 g/mol. The Morgan fingerprint density at radius 1 is 1.21 bits per heavy atom. The van der Waals surface area contributed by atoms with Crippen LogP contribution >= 0.6 is 0 Å². The molecule has 1 amide bonds. The van der Waals surface area contributed by atoms with E-state index in [1.165, 1.54) is 12.1 Å². The Bertz CT molecular complexity index is 1620. The Balaban J connectivity index is 0.00000277. The van der Waals surface area contributed by atoms with Gasteiger partial charge in [0.1, 0.15) is 17.2 Å². The number of fused-ring (bicyclic) bond motifs is 4. The van der Waals surface area contributed by atoms with Gasteiger partial charge in [0.05, 0.1) is 23.3 Å². The second kappa shape index (κ2) is 9.79. The van der Waals surface area contributed by atoms with Gasteiger partial charge in [-0.25, -0.2) is 9.37 Å². The Hall–Kier alpha value is -3.72. The first kappa shape index (κ1) is 25.6. The third-order valence-corrected chi connectivity index (χ3v) is 8.57. The van der Waals surface area contributed by atoms with E-state index in [1.54, 1.807) is 12.3 Å². The van der Waals surface area contributed by atoms with Gasteiger partial charge in [-0.1, -0.05) is 13.5 Å². The van der Waals surface area contributed by atoms with Crippen LogP contribution in [0.1, 0.15) is 54.4 Å². The number of carbonyl (C=O) groups is 1. The van der Waals surface area contributed by atoms with E-state index in [-0.39, 0.29) is 36.7 Å². The summed E-state index contributed by atoms with van der Waals surface area (Å²) in [6.45, 7) is 4.62. The Morgan fingerprint density at radius 3 is 2.82 bits per heavy atom. The van der Waals surface area contributed by atoms with Crippen molar-refractivity contribution in [1.29, 1.82) is 0 Å². The van der Waals surface area contributed by atoms with E-state index in [0.717, 1.165) is 42.7 Å². The topological polar surface area (TPSA) is 91.7 Å². The molecule has 8 nitrogen and oxygen atoms in total. The largest absolute Gasteiger partial charge is 0.383 e. The van der Waals surface area contributed by atoms with E-state index >= 15 is 0 Å². The Morgan fingerprint density at radius 2 is 2.03 bits per heavy atom. The van der Waals surface area contributed by atoms with Crippen LogP contribution in [0, 0.1) is 24.6 Å². The summed E-state index contributed by atoms with van der Waals surface area (Å²) in [4.78, 5) is 36.4. The summed E-state index contributed by atoms with van der Waals surface area (Å²) >= 11 is 0. The van der Waals surface area contributed by atoms with Crippen LogP contribution in [-0.2, 0) is 4.74 Å². The number of H-pyrrole nitrogens is 1. The van der Waals surface area contributed by atoms with Gasteiger partial charge in [-0.15, -0.1) is 0 Å². The van der Waals surface area contributed by atoms with Crippen molar-refractivity contribution in [2.75, 3.05) is 31.6 Å². The standard InChI is InChI=1S/C29H30FN5O3.CH4/c1-16-9-24-23(33-28(36)26-14-32-27(35(24)26)17-5-7-38-8-6-17)12-21(16)29(37)34-15-18-10-22(18)25(34)13-31-20-4-2-3-19(30)11-20;/h2-4,9,11-12,14,17-18,22,25,31H,5-8,10,13,15H2,1H3,(H,33,36);1H4. The van der Waals surface area contributed by atoms with E-state index < -0.39 is 0 Å². The molecule has 1 aliphatic carbocycles. The normalized spacial score (nSPS) is 22.6. The van der Waals surface area contributed by atoms with Crippen LogP contribution in [-0.4, -0.2) is 57.5 Å². The molecule has 204 valence electrons. The van der Waals surface area contributed by atoms with Crippen LogP contribution in [0.15, 0.2) is 47.4 Å². The summed E-state index contributed by atoms with van der Waals surface area (Å²) < 4.78 is 21.1. The average molecular weight is 532 g/mol. The minimum Gasteiger partial charge on any atom is -0.383 e. The fraction of sp³-hybridized carbons (Fsp3) is 0.433. The van der Waals surface area contributed by atoms with Crippen LogP contribution in [0.25, 0.3) is 16.6 Å². The molecule has 2 aromatic heterocycles. The fourth-order valence-corrected chi connectivity index (χ4v) is 6.46. The maximum atomic E-state index is 13.9. The predicted octanol–water partition coefficient (Wildman–Crippen LogP) is 4.73. The number of hydrogen-bond acceptors (Lipinski definition) is 5. The zero-order valence-electron chi connectivity index (χ0n) is 21.2. The van der Waals surface area contributed by atoms with E-state index in [9.17, 15) is 14.0 Å². The SMILES string of the molecule is C.Cc1cc2c(cc1C(=O)N1CC3CC3C1CNc1cccc(F)c1)[nH]c(=O)c1cnc(C3CCOCC3)n12. The molecule has 3 aliphatic rings. The molecule has 2 saturated heterocycles. The number of ether oxygens (including phenoxy) is 1. The van der Waals surface area contributed by atoms with E-state index in [4.69, 9.17) is 4.74 Å². The number of aromatic amines is 1. The number of nitrogens with one attached hydrogen (secondary N) is 2. The van der Waals surface area contributed by atoms with Crippen LogP contribution in [0.4, 0.5) is 10.1 Å². The number of hydrogen-bond donors (Lipinski definition) is 2. The van der Waals surface area contributed by atoms with Gasteiger partial charge in [0.25, 0.3) is 11.5 Å². The zero-order chi connectivity index (χ0) is 26.0. The molecule has 9 heteroatoms. The highest BCUT2D eigenvalue weighted by Crippen LogP contribution is 2.50. The second-order valence-corrected chi connectivity index (χ2v) is 10.9.